The summed E-state index contributed by atoms with van der Waals surface area (Å²) in [6.45, 7) is 6.14. The van der Waals surface area contributed by atoms with Crippen LogP contribution >= 0.6 is 11.3 Å². The number of hydrogen-bond donors (Lipinski definition) is 1. The van der Waals surface area contributed by atoms with Crippen molar-refractivity contribution in [2.75, 3.05) is 18.5 Å². The van der Waals surface area contributed by atoms with Gasteiger partial charge in [0.25, 0.3) is 0 Å². The Hall–Kier alpha value is -1.39. The third-order valence-electron chi connectivity index (χ3n) is 3.14. The van der Waals surface area contributed by atoms with Crippen molar-refractivity contribution in [3.8, 4) is 0 Å². The minimum atomic E-state index is 0.307. The number of aromatic nitrogens is 1. The van der Waals surface area contributed by atoms with Crippen molar-refractivity contribution in [3.05, 3.63) is 46.4 Å². The van der Waals surface area contributed by atoms with E-state index in [1.54, 1.807) is 11.3 Å². The third-order valence-corrected chi connectivity index (χ3v) is 4.00. The number of hydrogen-bond acceptors (Lipinski definition) is 4. The lowest BCUT2D eigenvalue weighted by molar-refractivity contribution is 0.583. The molecule has 3 nitrogen and oxygen atoms in total. The third kappa shape index (κ3) is 3.78. The molecule has 2 heterocycles. The van der Waals surface area contributed by atoms with Crippen molar-refractivity contribution >= 4 is 17.0 Å². The molecule has 0 bridgehead atoms. The van der Waals surface area contributed by atoms with Gasteiger partial charge < -0.3 is 10.2 Å². The van der Waals surface area contributed by atoms with E-state index in [1.807, 2.05) is 6.20 Å². The van der Waals surface area contributed by atoms with Gasteiger partial charge in [0.2, 0.25) is 0 Å². The van der Waals surface area contributed by atoms with Gasteiger partial charge in [0.1, 0.15) is 0 Å². The van der Waals surface area contributed by atoms with E-state index in [9.17, 15) is 0 Å². The zero-order valence-electron chi connectivity index (χ0n) is 11.8. The van der Waals surface area contributed by atoms with Gasteiger partial charge in [-0.3, -0.25) is 4.98 Å². The predicted molar refractivity (Wildman–Crippen MR) is 82.8 cm³/mol. The van der Waals surface area contributed by atoms with Crippen molar-refractivity contribution in [1.29, 1.82) is 0 Å². The molecule has 1 atom stereocenters. The fraction of sp³-hybridized carbons (Fsp3) is 0.400. The summed E-state index contributed by atoms with van der Waals surface area (Å²) < 4.78 is 0. The number of anilines is 1. The van der Waals surface area contributed by atoms with E-state index in [1.165, 1.54) is 4.88 Å². The van der Waals surface area contributed by atoms with Crippen LogP contribution in [0.3, 0.4) is 0 Å². The van der Waals surface area contributed by atoms with Gasteiger partial charge in [-0.05, 0) is 37.0 Å². The molecule has 0 saturated heterocycles. The summed E-state index contributed by atoms with van der Waals surface area (Å²) in [5.74, 6) is 0. The van der Waals surface area contributed by atoms with Crippen LogP contribution in [-0.2, 0) is 6.54 Å². The van der Waals surface area contributed by atoms with Gasteiger partial charge in [0.15, 0.2) is 0 Å². The molecule has 4 heteroatoms. The van der Waals surface area contributed by atoms with Crippen LogP contribution in [0.2, 0.25) is 0 Å². The van der Waals surface area contributed by atoms with Gasteiger partial charge in [-0.2, -0.15) is 0 Å². The second-order valence-corrected chi connectivity index (χ2v) is 5.69. The Kier molecular flexibility index (Phi) is 4.93. The Morgan fingerprint density at radius 2 is 2.21 bits per heavy atom. The Morgan fingerprint density at radius 1 is 1.37 bits per heavy atom. The number of thiophene rings is 1. The minimum absolute atomic E-state index is 0.307. The predicted octanol–water partition coefficient (Wildman–Crippen LogP) is 3.45. The summed E-state index contributed by atoms with van der Waals surface area (Å²) in [5, 5.41) is 5.49. The number of nitrogens with one attached hydrogen (secondary N) is 1. The topological polar surface area (TPSA) is 28.2 Å². The normalized spacial score (nSPS) is 12.4. The first kappa shape index (κ1) is 14.0. The first-order chi connectivity index (χ1) is 9.20. The fourth-order valence-electron chi connectivity index (χ4n) is 2.02. The maximum Gasteiger partial charge on any atom is 0.0572 e. The summed E-state index contributed by atoms with van der Waals surface area (Å²) in [6, 6.07) is 8.81. The van der Waals surface area contributed by atoms with Crippen molar-refractivity contribution in [3.63, 3.8) is 0 Å². The molecule has 0 fully saturated rings. The van der Waals surface area contributed by atoms with Gasteiger partial charge >= 0.3 is 0 Å². The molecule has 0 aliphatic rings. The number of nitrogens with zero attached hydrogens (tertiary/aromatic N) is 2. The van der Waals surface area contributed by atoms with Crippen molar-refractivity contribution in [2.45, 2.75) is 26.4 Å². The Labute approximate surface area is 119 Å². The van der Waals surface area contributed by atoms with E-state index < -0.39 is 0 Å². The quantitative estimate of drug-likeness (QED) is 0.875. The van der Waals surface area contributed by atoms with Crippen LogP contribution in [0.1, 0.15) is 30.5 Å². The van der Waals surface area contributed by atoms with Gasteiger partial charge in [-0.15, -0.1) is 11.3 Å². The molecule has 2 aromatic rings. The van der Waals surface area contributed by atoms with Crippen LogP contribution in [0.4, 0.5) is 5.69 Å². The Bertz CT molecular complexity index is 479. The molecule has 0 spiro atoms. The zero-order chi connectivity index (χ0) is 13.7. The molecule has 1 N–H and O–H groups in total. The Morgan fingerprint density at radius 3 is 2.79 bits per heavy atom. The second-order valence-electron chi connectivity index (χ2n) is 4.66. The van der Waals surface area contributed by atoms with Gasteiger partial charge in [0.05, 0.1) is 24.1 Å². The molecule has 0 aromatic carbocycles. The van der Waals surface area contributed by atoms with Crippen LogP contribution in [0.25, 0.3) is 0 Å². The van der Waals surface area contributed by atoms with E-state index in [0.29, 0.717) is 6.04 Å². The van der Waals surface area contributed by atoms with Crippen LogP contribution in [0.15, 0.2) is 35.8 Å². The molecular formula is C15H21N3S. The lowest BCUT2D eigenvalue weighted by Crippen LogP contribution is -2.19. The van der Waals surface area contributed by atoms with E-state index >= 15 is 0 Å². The fourth-order valence-corrected chi connectivity index (χ4v) is 2.78. The van der Waals surface area contributed by atoms with Crippen LogP contribution in [0.5, 0.6) is 0 Å². The molecule has 0 aliphatic carbocycles. The highest BCUT2D eigenvalue weighted by Gasteiger charge is 2.07. The molecule has 0 aliphatic heterocycles. The lowest BCUT2D eigenvalue weighted by atomic mass is 10.2. The molecule has 102 valence electrons. The average molecular weight is 275 g/mol. The SMILES string of the molecule is CCNC(C)c1ccc(N(C)Cc2cccs2)cn1. The van der Waals surface area contributed by atoms with E-state index in [4.69, 9.17) is 0 Å². The highest BCUT2D eigenvalue weighted by molar-refractivity contribution is 7.09. The van der Waals surface area contributed by atoms with Gasteiger partial charge in [0, 0.05) is 18.0 Å². The first-order valence-electron chi connectivity index (χ1n) is 6.63. The Balaban J connectivity index is 2.01. The summed E-state index contributed by atoms with van der Waals surface area (Å²) in [7, 11) is 2.10. The van der Waals surface area contributed by atoms with Gasteiger partial charge in [-0.25, -0.2) is 0 Å². The second kappa shape index (κ2) is 6.68. The largest absolute Gasteiger partial charge is 0.368 e. The molecule has 0 amide bonds. The van der Waals surface area contributed by atoms with Crippen molar-refractivity contribution in [2.24, 2.45) is 0 Å². The van der Waals surface area contributed by atoms with Crippen LogP contribution in [0, 0.1) is 0 Å². The maximum atomic E-state index is 4.55. The monoisotopic (exact) mass is 275 g/mol. The van der Waals surface area contributed by atoms with E-state index in [0.717, 1.165) is 24.5 Å². The molecule has 2 aromatic heterocycles. The maximum absolute atomic E-state index is 4.55. The molecule has 0 radical (unpaired) electrons. The summed E-state index contributed by atoms with van der Waals surface area (Å²) >= 11 is 1.79. The minimum Gasteiger partial charge on any atom is -0.368 e. The number of rotatable bonds is 6. The molecule has 19 heavy (non-hydrogen) atoms. The zero-order valence-corrected chi connectivity index (χ0v) is 12.6. The highest BCUT2D eigenvalue weighted by atomic mass is 32.1. The van der Waals surface area contributed by atoms with E-state index in [2.05, 4.69) is 65.7 Å². The highest BCUT2D eigenvalue weighted by Crippen LogP contribution is 2.19. The van der Waals surface area contributed by atoms with Crippen molar-refractivity contribution in [1.82, 2.24) is 10.3 Å². The molecule has 0 saturated carbocycles. The van der Waals surface area contributed by atoms with E-state index in [-0.39, 0.29) is 0 Å². The summed E-state index contributed by atoms with van der Waals surface area (Å²) in [4.78, 5) is 8.14. The number of pyridine rings is 1. The van der Waals surface area contributed by atoms with Crippen LogP contribution in [-0.4, -0.2) is 18.6 Å². The molecular weight excluding hydrogens is 254 g/mol. The van der Waals surface area contributed by atoms with Gasteiger partial charge in [-0.1, -0.05) is 13.0 Å². The standard InChI is InChI=1S/C15H21N3S/c1-4-16-12(2)15-8-7-13(10-17-15)18(3)11-14-6-5-9-19-14/h5-10,12,16H,4,11H2,1-3H3. The summed E-state index contributed by atoms with van der Waals surface area (Å²) in [6.07, 6.45) is 1.96. The van der Waals surface area contributed by atoms with Crippen LogP contribution < -0.4 is 10.2 Å². The average Bonchev–Trinajstić information content (AvgIpc) is 2.92. The first-order valence-corrected chi connectivity index (χ1v) is 7.51. The summed E-state index contributed by atoms with van der Waals surface area (Å²) in [5.41, 5.74) is 2.25. The molecule has 1 unspecified atom stereocenters. The molecule has 2 rings (SSSR count). The lowest BCUT2D eigenvalue weighted by Gasteiger charge is -2.19. The van der Waals surface area contributed by atoms with Crippen molar-refractivity contribution < 1.29 is 0 Å². The smallest absolute Gasteiger partial charge is 0.0572 e.